The molecule has 0 aliphatic carbocycles. The summed E-state index contributed by atoms with van der Waals surface area (Å²) in [6.45, 7) is 4.12. The molecule has 0 bridgehead atoms. The van der Waals surface area contributed by atoms with Gasteiger partial charge < -0.3 is 35.0 Å². The number of hydrogen-bond donors (Lipinski definition) is 3. The number of methoxy groups -OCH3 is 1. The van der Waals surface area contributed by atoms with Crippen molar-refractivity contribution in [3.63, 3.8) is 0 Å². The van der Waals surface area contributed by atoms with E-state index in [2.05, 4.69) is 20.5 Å². The number of aliphatic carboxylic acids is 1. The zero-order valence-corrected chi connectivity index (χ0v) is 26.5. The third-order valence-corrected chi connectivity index (χ3v) is 7.38. The van der Waals surface area contributed by atoms with Crippen molar-refractivity contribution >= 4 is 46.5 Å². The molecule has 3 N–H and O–H groups in total. The van der Waals surface area contributed by atoms with Crippen LogP contribution in [0, 0.1) is 0 Å². The SMILES string of the molecule is COc1cc(NC(C(=O)N2CCc3ccc(OC(F)(F)F)cc32)c2ccc(Cl)cc2)cc(C(C)=NOC(C)(C)C(=O)NCC(=O)O)c1. The van der Waals surface area contributed by atoms with Crippen LogP contribution in [0.15, 0.2) is 65.8 Å². The van der Waals surface area contributed by atoms with Crippen LogP contribution in [0.4, 0.5) is 24.5 Å². The van der Waals surface area contributed by atoms with E-state index in [1.54, 1.807) is 49.4 Å². The van der Waals surface area contributed by atoms with Gasteiger partial charge in [0.25, 0.3) is 11.8 Å². The van der Waals surface area contributed by atoms with E-state index < -0.39 is 48.1 Å². The molecule has 15 heteroatoms. The van der Waals surface area contributed by atoms with Crippen molar-refractivity contribution in [1.29, 1.82) is 0 Å². The Morgan fingerprint density at radius 1 is 1.04 bits per heavy atom. The van der Waals surface area contributed by atoms with Crippen molar-refractivity contribution in [3.05, 3.63) is 82.4 Å². The van der Waals surface area contributed by atoms with Gasteiger partial charge >= 0.3 is 12.3 Å². The second kappa shape index (κ2) is 14.2. The van der Waals surface area contributed by atoms with Gasteiger partial charge in [0.05, 0.1) is 18.5 Å². The van der Waals surface area contributed by atoms with Gasteiger partial charge in [0.1, 0.15) is 24.1 Å². The molecule has 0 fully saturated rings. The van der Waals surface area contributed by atoms with E-state index in [1.807, 2.05) is 0 Å². The van der Waals surface area contributed by atoms with Crippen LogP contribution in [-0.2, 0) is 25.6 Å². The number of fused-ring (bicyclic) bond motifs is 1. The molecule has 1 aliphatic heterocycles. The molecule has 3 aromatic rings. The van der Waals surface area contributed by atoms with E-state index in [1.165, 1.54) is 44.1 Å². The molecule has 0 saturated heterocycles. The Balaban J connectivity index is 1.65. The molecule has 11 nitrogen and oxygen atoms in total. The highest BCUT2D eigenvalue weighted by Gasteiger charge is 2.35. The number of rotatable bonds is 12. The van der Waals surface area contributed by atoms with Gasteiger partial charge in [-0.25, -0.2) is 0 Å². The third kappa shape index (κ3) is 9.06. The second-order valence-corrected chi connectivity index (χ2v) is 11.4. The summed E-state index contributed by atoms with van der Waals surface area (Å²) in [4.78, 5) is 44.2. The van der Waals surface area contributed by atoms with E-state index in [-0.39, 0.29) is 6.54 Å². The summed E-state index contributed by atoms with van der Waals surface area (Å²) in [5, 5.41) is 18.8. The lowest BCUT2D eigenvalue weighted by Crippen LogP contribution is -2.45. The maximum Gasteiger partial charge on any atom is 0.573 e. The zero-order chi connectivity index (χ0) is 34.5. The number of carboxylic acid groups (broad SMARTS) is 1. The van der Waals surface area contributed by atoms with Crippen molar-refractivity contribution in [2.45, 2.75) is 45.2 Å². The predicted molar refractivity (Wildman–Crippen MR) is 168 cm³/mol. The summed E-state index contributed by atoms with van der Waals surface area (Å²) >= 11 is 6.11. The maximum atomic E-state index is 14.2. The number of ether oxygens (including phenoxy) is 2. The molecule has 1 unspecified atom stereocenters. The van der Waals surface area contributed by atoms with E-state index in [9.17, 15) is 27.6 Å². The number of halogens is 4. The fraction of sp³-hybridized carbons (Fsp3) is 0.312. The van der Waals surface area contributed by atoms with Crippen molar-refractivity contribution in [1.82, 2.24) is 5.32 Å². The van der Waals surface area contributed by atoms with Crippen LogP contribution in [0.5, 0.6) is 11.5 Å². The normalized spacial score (nSPS) is 13.8. The molecule has 250 valence electrons. The maximum absolute atomic E-state index is 14.2. The molecule has 4 rings (SSSR count). The van der Waals surface area contributed by atoms with Gasteiger partial charge in [-0.3, -0.25) is 14.4 Å². The third-order valence-electron chi connectivity index (χ3n) is 7.13. The van der Waals surface area contributed by atoms with Gasteiger partial charge in [-0.05, 0) is 68.7 Å². The van der Waals surface area contributed by atoms with Crippen LogP contribution >= 0.6 is 11.6 Å². The van der Waals surface area contributed by atoms with Crippen LogP contribution in [0.3, 0.4) is 0 Å². The number of carboxylic acids is 1. The molecular formula is C32H32ClF3N4O7. The van der Waals surface area contributed by atoms with Crippen LogP contribution < -0.4 is 25.0 Å². The summed E-state index contributed by atoms with van der Waals surface area (Å²) in [6.07, 6.45) is -4.46. The molecule has 1 heterocycles. The Morgan fingerprint density at radius 2 is 1.74 bits per heavy atom. The van der Waals surface area contributed by atoms with Gasteiger partial charge in [0.2, 0.25) is 5.60 Å². The first kappa shape index (κ1) is 34.9. The Hall–Kier alpha value is -4.98. The lowest BCUT2D eigenvalue weighted by Gasteiger charge is -2.27. The van der Waals surface area contributed by atoms with Gasteiger partial charge in [-0.15, -0.1) is 13.2 Å². The number of oxime groups is 1. The standard InChI is InChI=1S/C32H32ClF3N4O7/c1-18(39-47-31(2,3)30(44)37-17-27(41)42)21-13-23(15-25(14-21)45-4)38-28(20-5-8-22(33)9-6-20)29(43)40-12-11-19-7-10-24(16-26(19)40)46-32(34,35)36/h5-10,13-16,28,38H,11-12,17H2,1-4H3,(H,37,44)(H,41,42). The Kier molecular flexibility index (Phi) is 10.5. The molecule has 0 spiro atoms. The van der Waals surface area contributed by atoms with Crippen LogP contribution in [0.2, 0.25) is 5.02 Å². The Morgan fingerprint density at radius 3 is 2.38 bits per heavy atom. The second-order valence-electron chi connectivity index (χ2n) is 11.0. The fourth-order valence-electron chi connectivity index (χ4n) is 4.71. The van der Waals surface area contributed by atoms with Crippen molar-refractivity contribution in [2.75, 3.05) is 30.4 Å². The molecule has 1 atom stereocenters. The quantitative estimate of drug-likeness (QED) is 0.164. The molecule has 0 radical (unpaired) electrons. The van der Waals surface area contributed by atoms with Gasteiger partial charge in [0.15, 0.2) is 0 Å². The van der Waals surface area contributed by atoms with Crippen LogP contribution in [0.1, 0.15) is 43.5 Å². The predicted octanol–water partition coefficient (Wildman–Crippen LogP) is 5.71. The molecule has 0 aromatic heterocycles. The number of anilines is 2. The topological polar surface area (TPSA) is 139 Å². The lowest BCUT2D eigenvalue weighted by atomic mass is 10.0. The summed E-state index contributed by atoms with van der Waals surface area (Å²) in [5.41, 5.74) is 1.27. The molecule has 1 aliphatic rings. The van der Waals surface area contributed by atoms with Gasteiger partial charge in [0, 0.05) is 35.0 Å². The lowest BCUT2D eigenvalue weighted by molar-refractivity contribution is -0.274. The average Bonchev–Trinajstić information content (AvgIpc) is 3.43. The highest BCUT2D eigenvalue weighted by atomic mass is 35.5. The number of nitrogens with one attached hydrogen (secondary N) is 2. The molecule has 0 saturated carbocycles. The summed E-state index contributed by atoms with van der Waals surface area (Å²) in [6, 6.07) is 14.4. The number of carbonyl (C=O) groups is 3. The van der Waals surface area contributed by atoms with E-state index >= 15 is 0 Å². The minimum atomic E-state index is -4.89. The Bertz CT molecular complexity index is 1680. The Labute approximate surface area is 273 Å². The van der Waals surface area contributed by atoms with E-state index in [0.717, 1.165) is 0 Å². The van der Waals surface area contributed by atoms with Crippen molar-refractivity contribution < 1.29 is 47.0 Å². The summed E-state index contributed by atoms with van der Waals surface area (Å²) in [5.74, 6) is -2.39. The minimum absolute atomic E-state index is 0.234. The van der Waals surface area contributed by atoms with Gasteiger partial charge in [-0.1, -0.05) is 35.0 Å². The zero-order valence-electron chi connectivity index (χ0n) is 25.8. The molecule has 3 aromatic carbocycles. The van der Waals surface area contributed by atoms with Crippen LogP contribution in [-0.4, -0.2) is 60.8 Å². The first-order chi connectivity index (χ1) is 22.1. The van der Waals surface area contributed by atoms with E-state index in [0.29, 0.717) is 51.0 Å². The average molecular weight is 677 g/mol. The molecule has 47 heavy (non-hydrogen) atoms. The summed E-state index contributed by atoms with van der Waals surface area (Å²) < 4.78 is 48.4. The highest BCUT2D eigenvalue weighted by Crippen LogP contribution is 2.37. The minimum Gasteiger partial charge on any atom is -0.497 e. The number of carbonyl (C=O) groups excluding carboxylic acids is 2. The molecule has 2 amide bonds. The number of benzene rings is 3. The first-order valence-electron chi connectivity index (χ1n) is 14.2. The fourth-order valence-corrected chi connectivity index (χ4v) is 4.83. The number of alkyl halides is 3. The number of amides is 2. The molecular weight excluding hydrogens is 645 g/mol. The largest absolute Gasteiger partial charge is 0.573 e. The smallest absolute Gasteiger partial charge is 0.497 e. The van der Waals surface area contributed by atoms with Crippen LogP contribution in [0.25, 0.3) is 0 Å². The number of hydrogen-bond acceptors (Lipinski definition) is 8. The highest BCUT2D eigenvalue weighted by molar-refractivity contribution is 6.30. The van der Waals surface area contributed by atoms with Gasteiger partial charge in [-0.2, -0.15) is 0 Å². The van der Waals surface area contributed by atoms with E-state index in [4.69, 9.17) is 26.3 Å². The monoisotopic (exact) mass is 676 g/mol. The van der Waals surface area contributed by atoms with Crippen molar-refractivity contribution in [2.24, 2.45) is 5.16 Å². The number of nitrogens with zero attached hydrogens (tertiary/aromatic N) is 2. The van der Waals surface area contributed by atoms with Crippen molar-refractivity contribution in [3.8, 4) is 11.5 Å². The summed E-state index contributed by atoms with van der Waals surface area (Å²) in [7, 11) is 1.45. The first-order valence-corrected chi connectivity index (χ1v) is 14.6.